The van der Waals surface area contributed by atoms with Crippen LogP contribution in [0, 0.1) is 5.82 Å². The van der Waals surface area contributed by atoms with Gasteiger partial charge in [-0.1, -0.05) is 0 Å². The number of methoxy groups -OCH3 is 1. The number of benzene rings is 1. The van der Waals surface area contributed by atoms with Gasteiger partial charge >= 0.3 is 5.97 Å². The summed E-state index contributed by atoms with van der Waals surface area (Å²) in [6, 6.07) is 8.57. The Balaban J connectivity index is 1.94. The second kappa shape index (κ2) is 7.04. The third-order valence-electron chi connectivity index (χ3n) is 2.73. The number of thiophene rings is 1. The number of esters is 1. The number of rotatable bonds is 5. The molecule has 1 aromatic carbocycles. The molecule has 1 aromatic heterocycles. The lowest BCUT2D eigenvalue weighted by atomic mass is 10.3. The first-order chi connectivity index (χ1) is 10.5. The van der Waals surface area contributed by atoms with Crippen molar-refractivity contribution in [1.29, 1.82) is 0 Å². The molecule has 0 bridgehead atoms. The zero-order chi connectivity index (χ0) is 16.1. The quantitative estimate of drug-likeness (QED) is 0.859. The van der Waals surface area contributed by atoms with E-state index in [0.717, 1.165) is 11.3 Å². The smallest absolute Gasteiger partial charge is 0.348 e. The number of anilines is 1. The number of carbonyl (C=O) groups is 2. The average Bonchev–Trinajstić information content (AvgIpc) is 2.97. The normalized spacial score (nSPS) is 11.6. The van der Waals surface area contributed by atoms with Gasteiger partial charge in [0, 0.05) is 0 Å². The monoisotopic (exact) mass is 323 g/mol. The SMILES string of the molecule is COC(=O)c1ccc(NC(=O)[C@H](C)Oc2ccc(F)cc2)s1. The van der Waals surface area contributed by atoms with Crippen molar-refractivity contribution in [3.8, 4) is 5.75 Å². The number of amides is 1. The Morgan fingerprint density at radius 3 is 2.50 bits per heavy atom. The number of hydrogen-bond acceptors (Lipinski definition) is 5. The van der Waals surface area contributed by atoms with Gasteiger partial charge in [0.1, 0.15) is 16.4 Å². The van der Waals surface area contributed by atoms with E-state index in [1.165, 1.54) is 31.4 Å². The molecule has 0 aliphatic heterocycles. The lowest BCUT2D eigenvalue weighted by Gasteiger charge is -2.13. The highest BCUT2D eigenvalue weighted by Crippen LogP contribution is 2.23. The molecule has 0 spiro atoms. The fraction of sp³-hybridized carbons (Fsp3) is 0.200. The molecule has 0 saturated carbocycles. The van der Waals surface area contributed by atoms with Gasteiger partial charge < -0.3 is 14.8 Å². The molecule has 0 radical (unpaired) electrons. The first-order valence-corrected chi connectivity index (χ1v) is 7.22. The van der Waals surface area contributed by atoms with E-state index in [0.29, 0.717) is 15.6 Å². The van der Waals surface area contributed by atoms with Gasteiger partial charge in [0.05, 0.1) is 12.1 Å². The summed E-state index contributed by atoms with van der Waals surface area (Å²) in [6.45, 7) is 1.58. The number of nitrogens with one attached hydrogen (secondary N) is 1. The highest BCUT2D eigenvalue weighted by molar-refractivity contribution is 7.18. The summed E-state index contributed by atoms with van der Waals surface area (Å²) in [5.74, 6) is -0.812. The van der Waals surface area contributed by atoms with E-state index in [9.17, 15) is 14.0 Å². The second-order valence-electron chi connectivity index (χ2n) is 4.36. The van der Waals surface area contributed by atoms with Gasteiger partial charge in [0.25, 0.3) is 5.91 Å². The molecule has 22 heavy (non-hydrogen) atoms. The molecule has 0 fully saturated rings. The first-order valence-electron chi connectivity index (χ1n) is 6.41. The van der Waals surface area contributed by atoms with E-state index >= 15 is 0 Å². The molecule has 116 valence electrons. The van der Waals surface area contributed by atoms with E-state index in [1.807, 2.05) is 0 Å². The maximum Gasteiger partial charge on any atom is 0.348 e. The molecule has 1 heterocycles. The molecule has 1 amide bonds. The van der Waals surface area contributed by atoms with Crippen molar-refractivity contribution in [2.75, 3.05) is 12.4 Å². The van der Waals surface area contributed by atoms with E-state index in [1.54, 1.807) is 19.1 Å². The standard InChI is InChI=1S/C15H14FNO4S/c1-9(21-11-5-3-10(16)4-6-11)14(18)17-13-8-7-12(22-13)15(19)20-2/h3-9H,1-2H3,(H,17,18)/t9-/m0/s1. The number of ether oxygens (including phenoxy) is 2. The van der Waals surface area contributed by atoms with Gasteiger partial charge in [-0.25, -0.2) is 9.18 Å². The van der Waals surface area contributed by atoms with Crippen molar-refractivity contribution in [3.63, 3.8) is 0 Å². The van der Waals surface area contributed by atoms with Crippen LogP contribution in [-0.4, -0.2) is 25.1 Å². The van der Waals surface area contributed by atoms with E-state index in [-0.39, 0.29) is 11.7 Å². The van der Waals surface area contributed by atoms with Gasteiger partial charge in [-0.3, -0.25) is 4.79 Å². The topological polar surface area (TPSA) is 64.6 Å². The van der Waals surface area contributed by atoms with Gasteiger partial charge in [0.2, 0.25) is 0 Å². The highest BCUT2D eigenvalue weighted by atomic mass is 32.1. The van der Waals surface area contributed by atoms with Crippen molar-refractivity contribution >= 4 is 28.2 Å². The van der Waals surface area contributed by atoms with Crippen LogP contribution in [-0.2, 0) is 9.53 Å². The molecule has 0 aliphatic carbocycles. The fourth-order valence-corrected chi connectivity index (χ4v) is 2.44. The first kappa shape index (κ1) is 16.0. The molecule has 5 nitrogen and oxygen atoms in total. The van der Waals surface area contributed by atoms with Crippen molar-refractivity contribution in [2.24, 2.45) is 0 Å². The molecular weight excluding hydrogens is 309 g/mol. The Labute approximate surface area is 130 Å². The molecular formula is C15H14FNO4S. The predicted octanol–water partition coefficient (Wildman–Crippen LogP) is 3.08. The molecule has 0 aliphatic rings. The fourth-order valence-electron chi connectivity index (χ4n) is 1.61. The van der Waals surface area contributed by atoms with Crippen LogP contribution in [0.2, 0.25) is 0 Å². The summed E-state index contributed by atoms with van der Waals surface area (Å²) < 4.78 is 22.8. The molecule has 1 atom stereocenters. The minimum atomic E-state index is -0.769. The summed E-state index contributed by atoms with van der Waals surface area (Å²) in [7, 11) is 1.29. The van der Waals surface area contributed by atoms with Gasteiger partial charge in [-0.05, 0) is 43.3 Å². The van der Waals surface area contributed by atoms with Crippen LogP contribution in [0.25, 0.3) is 0 Å². The predicted molar refractivity (Wildman–Crippen MR) is 80.8 cm³/mol. The Morgan fingerprint density at radius 2 is 1.86 bits per heavy atom. The third kappa shape index (κ3) is 4.05. The Hall–Kier alpha value is -2.41. The number of hydrogen-bond donors (Lipinski definition) is 1. The van der Waals surface area contributed by atoms with E-state index in [4.69, 9.17) is 4.74 Å². The van der Waals surface area contributed by atoms with E-state index in [2.05, 4.69) is 10.1 Å². The average molecular weight is 323 g/mol. The molecule has 2 rings (SSSR count). The van der Waals surface area contributed by atoms with Crippen molar-refractivity contribution in [3.05, 3.63) is 47.1 Å². The van der Waals surface area contributed by atoms with Crippen molar-refractivity contribution in [1.82, 2.24) is 0 Å². The van der Waals surface area contributed by atoms with Crippen LogP contribution in [0.15, 0.2) is 36.4 Å². The van der Waals surface area contributed by atoms with Crippen LogP contribution in [0.3, 0.4) is 0 Å². The van der Waals surface area contributed by atoms with Gasteiger partial charge in [-0.15, -0.1) is 11.3 Å². The summed E-state index contributed by atoms with van der Waals surface area (Å²) in [4.78, 5) is 23.7. The van der Waals surface area contributed by atoms with Crippen LogP contribution in [0.1, 0.15) is 16.6 Å². The lowest BCUT2D eigenvalue weighted by Crippen LogP contribution is -2.29. The molecule has 7 heteroatoms. The molecule has 2 aromatic rings. The highest BCUT2D eigenvalue weighted by Gasteiger charge is 2.17. The maximum atomic E-state index is 12.8. The maximum absolute atomic E-state index is 12.8. The second-order valence-corrected chi connectivity index (χ2v) is 5.44. The summed E-state index contributed by atoms with van der Waals surface area (Å²) in [5, 5.41) is 3.16. The molecule has 0 saturated heterocycles. The Kier molecular flexibility index (Phi) is 5.11. The summed E-state index contributed by atoms with van der Waals surface area (Å²) in [5.41, 5.74) is 0. The Morgan fingerprint density at radius 1 is 1.18 bits per heavy atom. The molecule has 0 unspecified atom stereocenters. The number of carbonyl (C=O) groups excluding carboxylic acids is 2. The third-order valence-corrected chi connectivity index (χ3v) is 3.72. The van der Waals surface area contributed by atoms with Gasteiger partial charge in [0.15, 0.2) is 6.10 Å². The largest absolute Gasteiger partial charge is 0.481 e. The zero-order valence-electron chi connectivity index (χ0n) is 12.0. The van der Waals surface area contributed by atoms with Crippen LogP contribution in [0.4, 0.5) is 9.39 Å². The van der Waals surface area contributed by atoms with Crippen molar-refractivity contribution in [2.45, 2.75) is 13.0 Å². The zero-order valence-corrected chi connectivity index (χ0v) is 12.8. The van der Waals surface area contributed by atoms with Crippen LogP contribution >= 0.6 is 11.3 Å². The minimum Gasteiger partial charge on any atom is -0.481 e. The Bertz CT molecular complexity index is 668. The van der Waals surface area contributed by atoms with Gasteiger partial charge in [-0.2, -0.15) is 0 Å². The van der Waals surface area contributed by atoms with Crippen LogP contribution in [0.5, 0.6) is 5.75 Å². The summed E-state index contributed by atoms with van der Waals surface area (Å²) >= 11 is 1.11. The van der Waals surface area contributed by atoms with Crippen LogP contribution < -0.4 is 10.1 Å². The summed E-state index contributed by atoms with van der Waals surface area (Å²) in [6.07, 6.45) is -0.769. The molecule has 1 N–H and O–H groups in total. The number of halogens is 1. The minimum absolute atomic E-state index is 0.373. The lowest BCUT2D eigenvalue weighted by molar-refractivity contribution is -0.122. The van der Waals surface area contributed by atoms with Crippen molar-refractivity contribution < 1.29 is 23.5 Å². The van der Waals surface area contributed by atoms with E-state index < -0.39 is 12.1 Å².